The molecule has 4 nitrogen and oxygen atoms in total. The second-order valence-electron chi connectivity index (χ2n) is 5.24. The molecule has 0 aromatic heterocycles. The maximum absolute atomic E-state index is 12.7. The third-order valence-corrected chi connectivity index (χ3v) is 4.35. The number of thioether (sulfide) groups is 1. The minimum atomic E-state index is -0.552. The van der Waals surface area contributed by atoms with Gasteiger partial charge >= 0.3 is 6.09 Å². The van der Waals surface area contributed by atoms with E-state index < -0.39 is 6.09 Å². The van der Waals surface area contributed by atoms with Gasteiger partial charge in [0.1, 0.15) is 12.4 Å². The Bertz CT molecular complexity index is 637. The van der Waals surface area contributed by atoms with Gasteiger partial charge in [-0.1, -0.05) is 48.5 Å². The maximum Gasteiger partial charge on any atom is 0.416 e. The lowest BCUT2D eigenvalue weighted by molar-refractivity contribution is -0.125. The second-order valence-corrected chi connectivity index (χ2v) is 6.35. The molecule has 132 valence electrons. The molecular formula is C19H20FNO3S. The van der Waals surface area contributed by atoms with E-state index in [0.29, 0.717) is 6.54 Å². The maximum atomic E-state index is 12.7. The normalized spacial score (nSPS) is 13.0. The average molecular weight is 361 g/mol. The fourth-order valence-corrected chi connectivity index (χ4v) is 2.94. The van der Waals surface area contributed by atoms with Gasteiger partial charge in [0.05, 0.1) is 12.3 Å². The predicted octanol–water partition coefficient (Wildman–Crippen LogP) is 3.77. The average Bonchev–Trinajstić information content (AvgIpc) is 3.08. The van der Waals surface area contributed by atoms with Gasteiger partial charge in [0.15, 0.2) is 0 Å². The summed E-state index contributed by atoms with van der Waals surface area (Å²) in [5, 5.41) is 0. The number of ether oxygens (including phenoxy) is 1. The number of amides is 2. The number of imide groups is 1. The lowest BCUT2D eigenvalue weighted by atomic mass is 10.2. The summed E-state index contributed by atoms with van der Waals surface area (Å²) in [5.74, 6) is 0.544. The highest BCUT2D eigenvalue weighted by atomic mass is 32.2. The van der Waals surface area contributed by atoms with E-state index in [4.69, 9.17) is 4.74 Å². The molecule has 25 heavy (non-hydrogen) atoms. The van der Waals surface area contributed by atoms with Gasteiger partial charge in [0.2, 0.25) is 5.91 Å². The van der Waals surface area contributed by atoms with E-state index in [1.165, 1.54) is 23.9 Å². The molecule has 1 fully saturated rings. The van der Waals surface area contributed by atoms with Crippen molar-refractivity contribution >= 4 is 23.8 Å². The molecule has 1 aliphatic rings. The van der Waals surface area contributed by atoms with Crippen LogP contribution in [0.5, 0.6) is 0 Å². The van der Waals surface area contributed by atoms with Crippen LogP contribution in [0.1, 0.15) is 5.56 Å². The van der Waals surface area contributed by atoms with E-state index in [9.17, 15) is 14.0 Å². The van der Waals surface area contributed by atoms with Gasteiger partial charge in [-0.3, -0.25) is 4.79 Å². The van der Waals surface area contributed by atoms with E-state index in [1.807, 2.05) is 36.4 Å². The number of carbonyl (C=O) groups excluding carboxylic acids is 2. The van der Waals surface area contributed by atoms with Crippen molar-refractivity contribution in [1.82, 2.24) is 4.90 Å². The summed E-state index contributed by atoms with van der Waals surface area (Å²) in [6.07, 6.45) is 0.215. The van der Waals surface area contributed by atoms with Crippen LogP contribution in [0.2, 0.25) is 0 Å². The molecule has 2 amide bonds. The summed E-state index contributed by atoms with van der Waals surface area (Å²) in [5.41, 5.74) is 1.03. The summed E-state index contributed by atoms with van der Waals surface area (Å²) in [4.78, 5) is 23.9. The molecule has 0 bridgehead atoms. The number of rotatable bonds is 5. The number of benzene rings is 2. The smallest absolute Gasteiger partial charge is 0.416 e. The highest BCUT2D eigenvalue weighted by Crippen LogP contribution is 2.11. The van der Waals surface area contributed by atoms with Crippen molar-refractivity contribution in [3.05, 3.63) is 72.0 Å². The van der Waals surface area contributed by atoms with Crippen molar-refractivity contribution in [1.29, 1.82) is 0 Å². The Balaban J connectivity index is 0.000000316. The molecule has 0 spiro atoms. The van der Waals surface area contributed by atoms with E-state index in [1.54, 1.807) is 12.1 Å². The zero-order valence-corrected chi connectivity index (χ0v) is 14.6. The van der Waals surface area contributed by atoms with E-state index >= 15 is 0 Å². The van der Waals surface area contributed by atoms with E-state index in [-0.39, 0.29) is 24.1 Å². The molecule has 0 N–H and O–H groups in total. The SMILES string of the molecule is O=C(CSCCc1ccc(F)cc1)N1CCOC1=O.c1ccccc1. The van der Waals surface area contributed by atoms with Crippen molar-refractivity contribution in [2.24, 2.45) is 0 Å². The molecule has 2 aromatic carbocycles. The minimum absolute atomic E-state index is 0.216. The lowest BCUT2D eigenvalue weighted by Gasteiger charge is -2.09. The third kappa shape index (κ3) is 6.97. The highest BCUT2D eigenvalue weighted by Gasteiger charge is 2.27. The van der Waals surface area contributed by atoms with Crippen LogP contribution in [-0.4, -0.2) is 41.6 Å². The first-order valence-electron chi connectivity index (χ1n) is 7.96. The summed E-state index contributed by atoms with van der Waals surface area (Å²) in [7, 11) is 0. The van der Waals surface area contributed by atoms with Crippen LogP contribution in [0.3, 0.4) is 0 Å². The Morgan fingerprint density at radius 3 is 2.20 bits per heavy atom. The Morgan fingerprint density at radius 2 is 1.68 bits per heavy atom. The van der Waals surface area contributed by atoms with Crippen molar-refractivity contribution in [2.75, 3.05) is 24.7 Å². The van der Waals surface area contributed by atoms with Crippen LogP contribution >= 0.6 is 11.8 Å². The number of cyclic esters (lactones) is 1. The summed E-state index contributed by atoms with van der Waals surface area (Å²) in [6.45, 7) is 0.626. The molecule has 2 aromatic rings. The molecule has 1 saturated heterocycles. The number of aryl methyl sites for hydroxylation is 1. The van der Waals surface area contributed by atoms with Crippen molar-refractivity contribution in [3.8, 4) is 0 Å². The van der Waals surface area contributed by atoms with Crippen LogP contribution < -0.4 is 0 Å². The molecule has 3 rings (SSSR count). The number of halogens is 1. The molecule has 0 atom stereocenters. The molecule has 0 radical (unpaired) electrons. The van der Waals surface area contributed by atoms with Gasteiger partial charge < -0.3 is 4.74 Å². The fraction of sp³-hybridized carbons (Fsp3) is 0.263. The topological polar surface area (TPSA) is 46.6 Å². The molecule has 0 saturated carbocycles. The van der Waals surface area contributed by atoms with Crippen molar-refractivity contribution < 1.29 is 18.7 Å². The highest BCUT2D eigenvalue weighted by molar-refractivity contribution is 7.99. The molecule has 1 aliphatic heterocycles. The number of carbonyl (C=O) groups is 2. The Labute approximate surface area is 151 Å². The van der Waals surface area contributed by atoms with E-state index in [2.05, 4.69) is 0 Å². The first kappa shape index (κ1) is 19.0. The molecule has 1 heterocycles. The van der Waals surface area contributed by atoms with Gasteiger partial charge in [-0.05, 0) is 29.9 Å². The van der Waals surface area contributed by atoms with E-state index in [0.717, 1.165) is 22.6 Å². The van der Waals surface area contributed by atoms with Gasteiger partial charge in [-0.25, -0.2) is 14.1 Å². The zero-order chi connectivity index (χ0) is 17.9. The number of hydrogen-bond acceptors (Lipinski definition) is 4. The minimum Gasteiger partial charge on any atom is -0.447 e. The monoisotopic (exact) mass is 361 g/mol. The summed E-state index contributed by atoms with van der Waals surface area (Å²) in [6, 6.07) is 18.3. The van der Waals surface area contributed by atoms with Crippen LogP contribution in [0.4, 0.5) is 9.18 Å². The molecule has 6 heteroatoms. The fourth-order valence-electron chi connectivity index (χ4n) is 2.08. The van der Waals surface area contributed by atoms with Gasteiger partial charge in [0, 0.05) is 0 Å². The van der Waals surface area contributed by atoms with Crippen LogP contribution in [0.25, 0.3) is 0 Å². The first-order chi connectivity index (χ1) is 12.2. The Morgan fingerprint density at radius 1 is 1.08 bits per heavy atom. The van der Waals surface area contributed by atoms with Gasteiger partial charge in [0.25, 0.3) is 0 Å². The molecule has 0 unspecified atom stereocenters. The van der Waals surface area contributed by atoms with Crippen LogP contribution in [-0.2, 0) is 16.0 Å². The Hall–Kier alpha value is -2.34. The van der Waals surface area contributed by atoms with Gasteiger partial charge in [-0.2, -0.15) is 11.8 Å². The second kappa shape index (κ2) is 10.5. The van der Waals surface area contributed by atoms with Gasteiger partial charge in [-0.15, -0.1) is 0 Å². The number of nitrogens with zero attached hydrogens (tertiary/aromatic N) is 1. The predicted molar refractivity (Wildman–Crippen MR) is 96.9 cm³/mol. The van der Waals surface area contributed by atoms with Crippen molar-refractivity contribution in [3.63, 3.8) is 0 Å². The van der Waals surface area contributed by atoms with Crippen LogP contribution in [0, 0.1) is 5.82 Å². The lowest BCUT2D eigenvalue weighted by Crippen LogP contribution is -2.33. The third-order valence-electron chi connectivity index (χ3n) is 3.40. The summed E-state index contributed by atoms with van der Waals surface area (Å²) >= 11 is 1.46. The van der Waals surface area contributed by atoms with Crippen LogP contribution in [0.15, 0.2) is 60.7 Å². The largest absolute Gasteiger partial charge is 0.447 e. The zero-order valence-electron chi connectivity index (χ0n) is 13.8. The van der Waals surface area contributed by atoms with Crippen molar-refractivity contribution in [2.45, 2.75) is 6.42 Å². The Kier molecular flexibility index (Phi) is 7.98. The first-order valence-corrected chi connectivity index (χ1v) is 9.11. The number of hydrogen-bond donors (Lipinski definition) is 0. The molecular weight excluding hydrogens is 341 g/mol. The summed E-state index contributed by atoms with van der Waals surface area (Å²) < 4.78 is 17.4. The molecule has 0 aliphatic carbocycles. The quantitative estimate of drug-likeness (QED) is 0.761. The standard InChI is InChI=1S/C13H14FNO3S.C6H6/c14-11-3-1-10(2-4-11)5-8-19-9-12(16)15-6-7-18-13(15)17;1-2-4-6-5-3-1/h1-4H,5-9H2;1-6H.